The van der Waals surface area contributed by atoms with E-state index in [2.05, 4.69) is 55.5 Å². The molecule has 1 unspecified atom stereocenters. The molecule has 0 aromatic heterocycles. The molecule has 8 nitrogen and oxygen atoms in total. The number of esters is 1. The second-order valence-corrected chi connectivity index (χ2v) is 10.6. The van der Waals surface area contributed by atoms with Crippen molar-refractivity contribution < 1.29 is 37.6 Å². The number of quaternary nitrogens is 1. The average Bonchev–Trinajstić information content (AvgIpc) is 2.78. The standard InChI is InChI=1S/C26H46NO7P/c1-5-6-7-8-9-10-11-12-13-14-15-16-17-18-19-20-26(29)32-23-25(28)24-34-35(30,31)33-22-21-27(2,3)4/h6-7,9-10,12-13,15-16,25,28H,5,8,11,14,17-24H2,1-4H3/p+1/b7-6+,10-9+,13-12+,16-15+/t25-/m1/s1. The zero-order valence-corrected chi connectivity index (χ0v) is 22.9. The molecule has 0 aromatic carbocycles. The molecule has 0 rings (SSSR count). The first kappa shape index (κ1) is 33.5. The second kappa shape index (κ2) is 20.6. The zero-order chi connectivity index (χ0) is 26.4. The molecule has 0 saturated heterocycles. The lowest BCUT2D eigenvalue weighted by Gasteiger charge is -2.24. The number of carbonyl (C=O) groups is 1. The maximum Gasteiger partial charge on any atom is 0.472 e. The van der Waals surface area contributed by atoms with E-state index in [-0.39, 0.29) is 19.6 Å². The lowest BCUT2D eigenvalue weighted by Crippen LogP contribution is -2.37. The van der Waals surface area contributed by atoms with Crippen LogP contribution in [-0.2, 0) is 23.1 Å². The number of aliphatic hydroxyl groups excluding tert-OH is 1. The summed E-state index contributed by atoms with van der Waals surface area (Å²) in [6.07, 6.45) is 22.6. The number of ether oxygens (including phenoxy) is 1. The highest BCUT2D eigenvalue weighted by atomic mass is 31.2. The molecule has 0 amide bonds. The third-order valence-electron chi connectivity index (χ3n) is 4.60. The van der Waals surface area contributed by atoms with E-state index in [1.54, 1.807) is 0 Å². The third-order valence-corrected chi connectivity index (χ3v) is 5.59. The largest absolute Gasteiger partial charge is 0.472 e. The molecular weight excluding hydrogens is 469 g/mol. The first-order valence-electron chi connectivity index (χ1n) is 12.4. The van der Waals surface area contributed by atoms with Crippen molar-refractivity contribution in [1.29, 1.82) is 0 Å². The molecule has 35 heavy (non-hydrogen) atoms. The van der Waals surface area contributed by atoms with Gasteiger partial charge in [0, 0.05) is 6.42 Å². The SMILES string of the molecule is CC/C=C/C/C=C/C/C=C/C/C=C/CCCCC(=O)OC[C@@H](O)COP(=O)(O)OCC[N+](C)(C)C. The van der Waals surface area contributed by atoms with Gasteiger partial charge < -0.3 is 19.2 Å². The summed E-state index contributed by atoms with van der Waals surface area (Å²) in [4.78, 5) is 21.4. The van der Waals surface area contributed by atoms with Gasteiger partial charge in [-0.05, 0) is 44.9 Å². The number of phosphoric acid groups is 1. The first-order chi connectivity index (χ1) is 16.6. The Kier molecular flexibility index (Phi) is 19.7. The molecule has 0 radical (unpaired) electrons. The number of likely N-dealkylation sites (N-methyl/N-ethyl adjacent to an activating group) is 1. The van der Waals surface area contributed by atoms with Crippen LogP contribution in [0.3, 0.4) is 0 Å². The van der Waals surface area contributed by atoms with E-state index >= 15 is 0 Å². The number of allylic oxidation sites excluding steroid dienone is 8. The Bertz CT molecular complexity index is 711. The summed E-state index contributed by atoms with van der Waals surface area (Å²) in [5.74, 6) is -0.416. The van der Waals surface area contributed by atoms with Gasteiger partial charge in [-0.3, -0.25) is 13.8 Å². The van der Waals surface area contributed by atoms with Gasteiger partial charge in [0.2, 0.25) is 0 Å². The molecule has 0 aromatic rings. The van der Waals surface area contributed by atoms with Crippen LogP contribution < -0.4 is 0 Å². The number of hydrogen-bond acceptors (Lipinski definition) is 6. The molecule has 0 aliphatic rings. The predicted octanol–water partition coefficient (Wildman–Crippen LogP) is 5.10. The Morgan fingerprint density at radius 1 is 0.886 bits per heavy atom. The topological polar surface area (TPSA) is 102 Å². The molecule has 202 valence electrons. The van der Waals surface area contributed by atoms with Gasteiger partial charge in [0.25, 0.3) is 0 Å². The fraction of sp³-hybridized carbons (Fsp3) is 0.654. The summed E-state index contributed by atoms with van der Waals surface area (Å²) in [6.45, 7) is 1.94. The Balaban J connectivity index is 3.75. The fourth-order valence-corrected chi connectivity index (χ4v) is 3.33. The molecule has 0 fully saturated rings. The molecule has 0 bridgehead atoms. The highest BCUT2D eigenvalue weighted by molar-refractivity contribution is 7.47. The summed E-state index contributed by atoms with van der Waals surface area (Å²) in [6, 6.07) is 0. The minimum atomic E-state index is -4.25. The van der Waals surface area contributed by atoms with Gasteiger partial charge in [0.15, 0.2) is 0 Å². The van der Waals surface area contributed by atoms with Gasteiger partial charge >= 0.3 is 13.8 Å². The normalized spacial score (nSPS) is 15.5. The van der Waals surface area contributed by atoms with Crippen molar-refractivity contribution in [3.8, 4) is 0 Å². The number of unbranched alkanes of at least 4 members (excludes halogenated alkanes) is 2. The van der Waals surface area contributed by atoms with Gasteiger partial charge in [0.1, 0.15) is 25.9 Å². The van der Waals surface area contributed by atoms with Crippen LogP contribution in [0.15, 0.2) is 48.6 Å². The number of aliphatic hydroxyl groups is 1. The summed E-state index contributed by atoms with van der Waals surface area (Å²) in [7, 11) is 1.52. The van der Waals surface area contributed by atoms with Crippen LogP contribution in [-0.4, -0.2) is 74.1 Å². The van der Waals surface area contributed by atoms with E-state index < -0.39 is 26.5 Å². The van der Waals surface area contributed by atoms with Crippen LogP contribution in [0.4, 0.5) is 0 Å². The highest BCUT2D eigenvalue weighted by Crippen LogP contribution is 2.43. The maximum atomic E-state index is 11.8. The van der Waals surface area contributed by atoms with E-state index in [0.717, 1.165) is 38.5 Å². The van der Waals surface area contributed by atoms with Gasteiger partial charge in [-0.1, -0.05) is 55.5 Å². The van der Waals surface area contributed by atoms with E-state index in [9.17, 15) is 19.4 Å². The number of rotatable bonds is 21. The molecule has 0 saturated carbocycles. The highest BCUT2D eigenvalue weighted by Gasteiger charge is 2.24. The van der Waals surface area contributed by atoms with E-state index in [1.165, 1.54) is 0 Å². The van der Waals surface area contributed by atoms with Crippen LogP contribution in [0.5, 0.6) is 0 Å². The molecule has 0 spiro atoms. The third kappa shape index (κ3) is 25.4. The monoisotopic (exact) mass is 516 g/mol. The molecule has 2 atom stereocenters. The van der Waals surface area contributed by atoms with Crippen LogP contribution in [0.1, 0.15) is 58.3 Å². The fourth-order valence-electron chi connectivity index (χ4n) is 2.59. The van der Waals surface area contributed by atoms with Crippen molar-refractivity contribution in [2.75, 3.05) is 47.5 Å². The van der Waals surface area contributed by atoms with Crippen molar-refractivity contribution >= 4 is 13.8 Å². The van der Waals surface area contributed by atoms with Crippen LogP contribution in [0, 0.1) is 0 Å². The van der Waals surface area contributed by atoms with Crippen LogP contribution in [0.25, 0.3) is 0 Å². The van der Waals surface area contributed by atoms with Crippen molar-refractivity contribution in [2.45, 2.75) is 64.4 Å². The summed E-state index contributed by atoms with van der Waals surface area (Å²) >= 11 is 0. The Morgan fingerprint density at radius 3 is 2.03 bits per heavy atom. The number of carbonyl (C=O) groups excluding carboxylic acids is 1. The van der Waals surface area contributed by atoms with Crippen LogP contribution >= 0.6 is 7.82 Å². The smallest absolute Gasteiger partial charge is 0.463 e. The second-order valence-electron chi connectivity index (χ2n) is 9.20. The first-order valence-corrected chi connectivity index (χ1v) is 13.9. The quantitative estimate of drug-likeness (QED) is 0.0720. The summed E-state index contributed by atoms with van der Waals surface area (Å²) in [5.41, 5.74) is 0. The minimum absolute atomic E-state index is 0.0449. The van der Waals surface area contributed by atoms with Crippen molar-refractivity contribution in [1.82, 2.24) is 0 Å². The number of nitrogens with zero attached hydrogens (tertiary/aromatic N) is 1. The molecule has 0 heterocycles. The Morgan fingerprint density at radius 2 is 1.46 bits per heavy atom. The Labute approximate surface area is 212 Å². The maximum absolute atomic E-state index is 11.8. The molecule has 0 aliphatic carbocycles. The van der Waals surface area contributed by atoms with Crippen molar-refractivity contribution in [2.24, 2.45) is 0 Å². The van der Waals surface area contributed by atoms with Crippen molar-refractivity contribution in [3.05, 3.63) is 48.6 Å². The lowest BCUT2D eigenvalue weighted by molar-refractivity contribution is -0.870. The molecule has 2 N–H and O–H groups in total. The minimum Gasteiger partial charge on any atom is -0.463 e. The average molecular weight is 517 g/mol. The molecular formula is C26H47NO7P+. The Hall–Kier alpha value is -1.54. The number of hydrogen-bond donors (Lipinski definition) is 2. The van der Waals surface area contributed by atoms with Gasteiger partial charge in [0.05, 0.1) is 27.7 Å². The van der Waals surface area contributed by atoms with E-state index in [0.29, 0.717) is 17.4 Å². The van der Waals surface area contributed by atoms with Crippen LogP contribution in [0.2, 0.25) is 0 Å². The van der Waals surface area contributed by atoms with E-state index in [4.69, 9.17) is 13.8 Å². The number of phosphoric ester groups is 1. The predicted molar refractivity (Wildman–Crippen MR) is 141 cm³/mol. The molecule has 0 aliphatic heterocycles. The summed E-state index contributed by atoms with van der Waals surface area (Å²) < 4.78 is 27.0. The van der Waals surface area contributed by atoms with Gasteiger partial charge in [-0.15, -0.1) is 0 Å². The van der Waals surface area contributed by atoms with E-state index in [1.807, 2.05) is 21.1 Å². The molecule has 9 heteroatoms. The van der Waals surface area contributed by atoms with Crippen molar-refractivity contribution in [3.63, 3.8) is 0 Å². The lowest BCUT2D eigenvalue weighted by atomic mass is 10.2. The summed E-state index contributed by atoms with van der Waals surface area (Å²) in [5, 5.41) is 9.81. The van der Waals surface area contributed by atoms with Gasteiger partial charge in [-0.2, -0.15) is 0 Å². The van der Waals surface area contributed by atoms with Gasteiger partial charge in [-0.25, -0.2) is 4.57 Å². The zero-order valence-electron chi connectivity index (χ0n) is 22.0.